The first-order chi connectivity index (χ1) is 23.3. The lowest BCUT2D eigenvalue weighted by Crippen LogP contribution is -1.97. The smallest absolute Gasteiger partial charge is 0.138 e. The molecule has 0 spiro atoms. The summed E-state index contributed by atoms with van der Waals surface area (Å²) in [6, 6.07) is 46.9. The molecule has 5 heterocycles. The Morgan fingerprint density at radius 1 is 0.468 bits per heavy atom. The predicted octanol–water partition coefficient (Wildman–Crippen LogP) is 10.3. The van der Waals surface area contributed by atoms with Crippen molar-refractivity contribution in [2.24, 2.45) is 0 Å². The molecule has 0 aliphatic carbocycles. The molecule has 5 nitrogen and oxygen atoms in total. The number of hydrogen-bond acceptors (Lipinski definition) is 4. The van der Waals surface area contributed by atoms with Gasteiger partial charge in [-0.1, -0.05) is 72.8 Å². The number of benzene rings is 5. The SMILES string of the molecule is c1ccc2nc(-n3c4ccc(-c5ccc(-c6cc7cccnc7c7ncccc67)cn5)cc4c4c5ccccc5ccc43)ccc2c1. The van der Waals surface area contributed by atoms with E-state index in [1.165, 1.54) is 21.5 Å². The summed E-state index contributed by atoms with van der Waals surface area (Å²) in [5.74, 6) is 0.904. The van der Waals surface area contributed by atoms with Crippen LogP contribution in [0.25, 0.3) is 93.5 Å². The minimum atomic E-state index is 0.902. The van der Waals surface area contributed by atoms with Crippen LogP contribution in [0.15, 0.2) is 152 Å². The van der Waals surface area contributed by atoms with Gasteiger partial charge in [-0.15, -0.1) is 0 Å². The lowest BCUT2D eigenvalue weighted by Gasteiger charge is -2.10. The van der Waals surface area contributed by atoms with E-state index in [0.717, 1.165) is 71.9 Å². The van der Waals surface area contributed by atoms with E-state index in [9.17, 15) is 0 Å². The van der Waals surface area contributed by atoms with E-state index in [0.29, 0.717) is 0 Å². The van der Waals surface area contributed by atoms with E-state index in [4.69, 9.17) is 9.97 Å². The Hall–Kier alpha value is -6.46. The molecule has 10 rings (SSSR count). The van der Waals surface area contributed by atoms with Crippen LogP contribution in [0.1, 0.15) is 0 Å². The summed E-state index contributed by atoms with van der Waals surface area (Å²) in [4.78, 5) is 19.4. The quantitative estimate of drug-likeness (QED) is 0.190. The zero-order chi connectivity index (χ0) is 30.9. The van der Waals surface area contributed by atoms with Crippen LogP contribution in [0.3, 0.4) is 0 Å². The summed E-state index contributed by atoms with van der Waals surface area (Å²) in [5, 5.41) is 8.09. The Morgan fingerprint density at radius 2 is 1.21 bits per heavy atom. The van der Waals surface area contributed by atoms with Gasteiger partial charge in [-0.3, -0.25) is 19.5 Å². The fourth-order valence-corrected chi connectivity index (χ4v) is 7.12. The van der Waals surface area contributed by atoms with Crippen LogP contribution >= 0.6 is 0 Å². The van der Waals surface area contributed by atoms with Crippen LogP contribution in [0.4, 0.5) is 0 Å². The molecule has 10 aromatic rings. The van der Waals surface area contributed by atoms with Crippen LogP contribution in [-0.4, -0.2) is 24.5 Å². The molecular weight excluding hydrogens is 574 g/mol. The molecule has 0 saturated heterocycles. The number of para-hydroxylation sites is 1. The maximum Gasteiger partial charge on any atom is 0.138 e. The first-order valence-corrected chi connectivity index (χ1v) is 15.7. The average Bonchev–Trinajstić information content (AvgIpc) is 3.48. The highest BCUT2D eigenvalue weighted by Gasteiger charge is 2.17. The summed E-state index contributed by atoms with van der Waals surface area (Å²) < 4.78 is 2.29. The molecule has 0 unspecified atom stereocenters. The van der Waals surface area contributed by atoms with E-state index >= 15 is 0 Å². The number of rotatable bonds is 3. The van der Waals surface area contributed by atoms with Gasteiger partial charge in [-0.25, -0.2) is 4.98 Å². The fourth-order valence-electron chi connectivity index (χ4n) is 7.12. The molecule has 5 heteroatoms. The van der Waals surface area contributed by atoms with Gasteiger partial charge in [0.05, 0.1) is 33.3 Å². The van der Waals surface area contributed by atoms with Gasteiger partial charge in [-0.05, 0) is 77.0 Å². The number of fused-ring (bicyclic) bond motifs is 9. The Balaban J connectivity index is 1.16. The van der Waals surface area contributed by atoms with Crippen molar-refractivity contribution in [3.8, 4) is 28.2 Å². The van der Waals surface area contributed by atoms with Gasteiger partial charge in [-0.2, -0.15) is 0 Å². The molecule has 0 N–H and O–H groups in total. The molecular formula is C42H25N5. The minimum absolute atomic E-state index is 0.902. The van der Waals surface area contributed by atoms with Crippen LogP contribution in [-0.2, 0) is 0 Å². The van der Waals surface area contributed by atoms with Crippen LogP contribution < -0.4 is 0 Å². The van der Waals surface area contributed by atoms with Crippen LogP contribution in [0, 0.1) is 0 Å². The third-order valence-corrected chi connectivity index (χ3v) is 9.30. The van der Waals surface area contributed by atoms with Crippen LogP contribution in [0.2, 0.25) is 0 Å². The van der Waals surface area contributed by atoms with Gasteiger partial charge in [0, 0.05) is 56.6 Å². The zero-order valence-corrected chi connectivity index (χ0v) is 25.2. The van der Waals surface area contributed by atoms with Gasteiger partial charge in [0.2, 0.25) is 0 Å². The fraction of sp³-hybridized carbons (Fsp3) is 0. The van der Waals surface area contributed by atoms with E-state index < -0.39 is 0 Å². The minimum Gasteiger partial charge on any atom is -0.294 e. The van der Waals surface area contributed by atoms with Gasteiger partial charge < -0.3 is 0 Å². The third-order valence-electron chi connectivity index (χ3n) is 9.30. The normalized spacial score (nSPS) is 11.8. The molecule has 0 aliphatic heterocycles. The Bertz CT molecular complexity index is 2850. The Labute approximate surface area is 269 Å². The zero-order valence-electron chi connectivity index (χ0n) is 25.2. The monoisotopic (exact) mass is 599 g/mol. The maximum atomic E-state index is 5.10. The number of hydrogen-bond donors (Lipinski definition) is 0. The molecule has 218 valence electrons. The third kappa shape index (κ3) is 3.97. The van der Waals surface area contributed by atoms with Crippen LogP contribution in [0.5, 0.6) is 0 Å². The molecule has 47 heavy (non-hydrogen) atoms. The first kappa shape index (κ1) is 25.8. The molecule has 0 bridgehead atoms. The summed E-state index contributed by atoms with van der Waals surface area (Å²) in [7, 11) is 0. The molecule has 0 fully saturated rings. The number of aromatic nitrogens is 5. The standard InChI is InChI=1S/C42H25N5/c1-3-10-31-26(7-1)14-19-38-40(31)34-23-28(15-18-37(34)47(38)39-20-16-27-8-2-4-12-36(27)46-39)35-17-13-30(25-45-35)33-24-29-9-5-21-43-41(29)42-32(33)11-6-22-44-42/h1-25H. The highest BCUT2D eigenvalue weighted by molar-refractivity contribution is 6.22. The molecule has 0 radical (unpaired) electrons. The van der Waals surface area contributed by atoms with Crippen molar-refractivity contribution >= 4 is 65.3 Å². The van der Waals surface area contributed by atoms with Crippen molar-refractivity contribution in [3.05, 3.63) is 152 Å². The lowest BCUT2D eigenvalue weighted by atomic mass is 9.98. The molecule has 0 aliphatic rings. The maximum absolute atomic E-state index is 5.10. The topological polar surface area (TPSA) is 56.5 Å². The van der Waals surface area contributed by atoms with Gasteiger partial charge in [0.15, 0.2) is 0 Å². The summed E-state index contributed by atoms with van der Waals surface area (Å²) in [6.07, 6.45) is 5.62. The first-order valence-electron chi connectivity index (χ1n) is 15.7. The summed E-state index contributed by atoms with van der Waals surface area (Å²) in [6.45, 7) is 0. The van der Waals surface area contributed by atoms with E-state index in [1.807, 2.05) is 36.8 Å². The Morgan fingerprint density at radius 3 is 2.13 bits per heavy atom. The van der Waals surface area contributed by atoms with Crippen molar-refractivity contribution in [2.75, 3.05) is 0 Å². The van der Waals surface area contributed by atoms with Gasteiger partial charge >= 0.3 is 0 Å². The molecule has 5 aromatic heterocycles. The lowest BCUT2D eigenvalue weighted by molar-refractivity contribution is 1.10. The number of pyridine rings is 4. The number of nitrogens with zero attached hydrogens (tertiary/aromatic N) is 5. The van der Waals surface area contributed by atoms with Gasteiger partial charge in [0.1, 0.15) is 5.82 Å². The largest absolute Gasteiger partial charge is 0.294 e. The second-order valence-corrected chi connectivity index (χ2v) is 11.9. The van der Waals surface area contributed by atoms with Crippen molar-refractivity contribution in [2.45, 2.75) is 0 Å². The second kappa shape index (κ2) is 10.0. The summed E-state index contributed by atoms with van der Waals surface area (Å²) in [5.41, 5.74) is 9.17. The highest BCUT2D eigenvalue weighted by Crippen LogP contribution is 2.39. The molecule has 5 aromatic carbocycles. The van der Waals surface area contributed by atoms with Crippen molar-refractivity contribution in [3.63, 3.8) is 0 Å². The van der Waals surface area contributed by atoms with E-state index in [1.54, 1.807) is 0 Å². The van der Waals surface area contributed by atoms with Crippen molar-refractivity contribution in [1.82, 2.24) is 24.5 Å². The van der Waals surface area contributed by atoms with E-state index in [2.05, 4.69) is 130 Å². The Kier molecular flexibility index (Phi) is 5.51. The molecule has 0 atom stereocenters. The average molecular weight is 600 g/mol. The molecule has 0 saturated carbocycles. The van der Waals surface area contributed by atoms with E-state index in [-0.39, 0.29) is 0 Å². The van der Waals surface area contributed by atoms with Crippen molar-refractivity contribution in [1.29, 1.82) is 0 Å². The second-order valence-electron chi connectivity index (χ2n) is 11.9. The van der Waals surface area contributed by atoms with Gasteiger partial charge in [0.25, 0.3) is 0 Å². The van der Waals surface area contributed by atoms with Crippen molar-refractivity contribution < 1.29 is 0 Å². The predicted molar refractivity (Wildman–Crippen MR) is 193 cm³/mol. The highest BCUT2D eigenvalue weighted by atomic mass is 15.1. The summed E-state index contributed by atoms with van der Waals surface area (Å²) >= 11 is 0. The molecule has 0 amide bonds.